The van der Waals surface area contributed by atoms with Crippen molar-refractivity contribution in [3.05, 3.63) is 51.9 Å². The highest BCUT2D eigenvalue weighted by Gasteiger charge is 2.43. The van der Waals surface area contributed by atoms with Crippen LogP contribution in [0.15, 0.2) is 35.3 Å². The molecule has 3 rings (SSSR count). The van der Waals surface area contributed by atoms with Gasteiger partial charge in [-0.25, -0.2) is 0 Å². The number of anilines is 1. The van der Waals surface area contributed by atoms with Crippen molar-refractivity contribution in [1.29, 1.82) is 0 Å². The summed E-state index contributed by atoms with van der Waals surface area (Å²) in [5, 5.41) is 2.56. The number of nitrogens with zero attached hydrogens (tertiary/aromatic N) is 2. The fourth-order valence-corrected chi connectivity index (χ4v) is 3.10. The molecule has 150 valence electrons. The average Bonchev–Trinajstić information content (AvgIpc) is 2.87. The van der Waals surface area contributed by atoms with Crippen molar-refractivity contribution in [1.82, 2.24) is 9.47 Å². The van der Waals surface area contributed by atoms with E-state index < -0.39 is 17.8 Å². The predicted molar refractivity (Wildman–Crippen MR) is 99.3 cm³/mol. The third-order valence-electron chi connectivity index (χ3n) is 4.32. The topological polar surface area (TPSA) is 72.8 Å². The molecule has 0 radical (unpaired) electrons. The van der Waals surface area contributed by atoms with E-state index in [2.05, 4.69) is 14.8 Å². The highest BCUT2D eigenvalue weighted by molar-refractivity contribution is 6.05. The Morgan fingerprint density at radius 3 is 2.61 bits per heavy atom. The molecular formula is C19H21F2N3O4. The molecule has 0 bridgehead atoms. The molecule has 1 unspecified atom stereocenters. The van der Waals surface area contributed by atoms with Crippen LogP contribution in [0.5, 0.6) is 11.5 Å². The van der Waals surface area contributed by atoms with Gasteiger partial charge in [-0.3, -0.25) is 9.59 Å². The Morgan fingerprint density at radius 1 is 1.25 bits per heavy atom. The number of benzene rings is 1. The summed E-state index contributed by atoms with van der Waals surface area (Å²) in [7, 11) is 3.79. The molecule has 0 aliphatic carbocycles. The number of rotatable bonds is 5. The summed E-state index contributed by atoms with van der Waals surface area (Å²) in [6, 6.07) is 5.44. The highest BCUT2D eigenvalue weighted by Crippen LogP contribution is 2.42. The number of pyridine rings is 1. The second kappa shape index (κ2) is 7.23. The first-order chi connectivity index (χ1) is 13.1. The quantitative estimate of drug-likeness (QED) is 0.846. The molecule has 0 saturated heterocycles. The van der Waals surface area contributed by atoms with E-state index >= 15 is 0 Å². The van der Waals surface area contributed by atoms with Crippen LogP contribution >= 0.6 is 0 Å². The lowest BCUT2D eigenvalue weighted by atomic mass is 10.1. The van der Waals surface area contributed by atoms with Gasteiger partial charge in [0.05, 0.1) is 0 Å². The van der Waals surface area contributed by atoms with Crippen molar-refractivity contribution in [2.24, 2.45) is 0 Å². The summed E-state index contributed by atoms with van der Waals surface area (Å²) in [5.74, 6) is -0.942. The summed E-state index contributed by atoms with van der Waals surface area (Å²) in [4.78, 5) is 27.5. The molecule has 1 amide bonds. The van der Waals surface area contributed by atoms with Crippen molar-refractivity contribution in [2.75, 3.05) is 26.0 Å². The Labute approximate surface area is 160 Å². The van der Waals surface area contributed by atoms with Crippen molar-refractivity contribution >= 4 is 11.6 Å². The molecule has 28 heavy (non-hydrogen) atoms. The summed E-state index contributed by atoms with van der Waals surface area (Å²) in [6.07, 6.45) is -2.08. The molecule has 7 nitrogen and oxygen atoms in total. The number of hydrogen-bond acceptors (Lipinski definition) is 5. The number of carbonyl (C=O) groups is 1. The number of hydrogen-bond donors (Lipinski definition) is 1. The lowest BCUT2D eigenvalue weighted by molar-refractivity contribution is -0.286. The zero-order valence-corrected chi connectivity index (χ0v) is 16.0. The molecule has 9 heteroatoms. The maximum Gasteiger partial charge on any atom is 0.586 e. The van der Waals surface area contributed by atoms with E-state index in [1.807, 2.05) is 25.9 Å². The number of halogens is 2. The van der Waals surface area contributed by atoms with Crippen LogP contribution in [0, 0.1) is 6.92 Å². The minimum absolute atomic E-state index is 0.00361. The summed E-state index contributed by atoms with van der Waals surface area (Å²) < 4.78 is 36.5. The van der Waals surface area contributed by atoms with Crippen molar-refractivity contribution < 1.29 is 23.0 Å². The number of fused-ring (bicyclic) bond motifs is 1. The van der Waals surface area contributed by atoms with Gasteiger partial charge in [0.1, 0.15) is 5.56 Å². The normalized spacial score (nSPS) is 15.5. The van der Waals surface area contributed by atoms with Gasteiger partial charge in [0.15, 0.2) is 11.5 Å². The number of amides is 1. The van der Waals surface area contributed by atoms with E-state index in [-0.39, 0.29) is 28.8 Å². The van der Waals surface area contributed by atoms with Gasteiger partial charge in [0, 0.05) is 30.5 Å². The SMILES string of the molecule is Cc1ccn(C(C)CN(C)C)c(=O)c1C(=O)Nc1ccc2c(c1)OC(F)(F)O2. The molecule has 1 aliphatic rings. The molecule has 1 aromatic carbocycles. The van der Waals surface area contributed by atoms with Crippen molar-refractivity contribution in [2.45, 2.75) is 26.2 Å². The molecule has 0 fully saturated rings. The van der Waals surface area contributed by atoms with Crippen LogP contribution in [-0.2, 0) is 0 Å². The Bertz CT molecular complexity index is 972. The maximum absolute atomic E-state index is 13.1. The highest BCUT2D eigenvalue weighted by atomic mass is 19.3. The van der Waals surface area contributed by atoms with Crippen molar-refractivity contribution in [3.8, 4) is 11.5 Å². The summed E-state index contributed by atoms with van der Waals surface area (Å²) in [6.45, 7) is 4.17. The largest absolute Gasteiger partial charge is 0.586 e. The summed E-state index contributed by atoms with van der Waals surface area (Å²) >= 11 is 0. The second-order valence-corrected chi connectivity index (χ2v) is 6.98. The van der Waals surface area contributed by atoms with Crippen LogP contribution < -0.4 is 20.3 Å². The Balaban J connectivity index is 1.87. The number of carbonyl (C=O) groups excluding carboxylic acids is 1. The Kier molecular flexibility index (Phi) is 5.12. The second-order valence-electron chi connectivity index (χ2n) is 6.98. The number of likely N-dealkylation sites (N-methyl/N-ethyl adjacent to an activating group) is 1. The zero-order chi connectivity index (χ0) is 20.6. The minimum atomic E-state index is -3.74. The number of aryl methyl sites for hydroxylation is 1. The third-order valence-corrected chi connectivity index (χ3v) is 4.32. The van der Waals surface area contributed by atoms with Crippen molar-refractivity contribution in [3.63, 3.8) is 0 Å². The van der Waals surface area contributed by atoms with E-state index in [9.17, 15) is 18.4 Å². The lowest BCUT2D eigenvalue weighted by Gasteiger charge is -2.20. The molecule has 1 atom stereocenters. The molecule has 2 heterocycles. The molecule has 0 saturated carbocycles. The first-order valence-corrected chi connectivity index (χ1v) is 8.65. The number of nitrogens with one attached hydrogen (secondary N) is 1. The van der Waals surface area contributed by atoms with E-state index in [1.54, 1.807) is 19.2 Å². The van der Waals surface area contributed by atoms with Gasteiger partial charge in [-0.15, -0.1) is 8.78 Å². The van der Waals surface area contributed by atoms with E-state index in [0.717, 1.165) is 0 Å². The monoisotopic (exact) mass is 393 g/mol. The van der Waals surface area contributed by atoms with Gasteiger partial charge in [0.25, 0.3) is 11.5 Å². The fraction of sp³-hybridized carbons (Fsp3) is 0.368. The first-order valence-electron chi connectivity index (χ1n) is 8.65. The standard InChI is InChI=1S/C19H21F2N3O4/c1-11-7-8-24(12(2)10-23(3)4)18(26)16(11)17(25)22-13-5-6-14-15(9-13)28-19(20,21)27-14/h5-9,12H,10H2,1-4H3,(H,22,25). The zero-order valence-electron chi connectivity index (χ0n) is 16.0. The maximum atomic E-state index is 13.1. The van der Waals surface area contributed by atoms with Crippen LogP contribution in [0.2, 0.25) is 0 Å². The smallest absolute Gasteiger partial charge is 0.395 e. The van der Waals surface area contributed by atoms with E-state index in [4.69, 9.17) is 0 Å². The first kappa shape index (κ1) is 19.8. The van der Waals surface area contributed by atoms with Gasteiger partial charge in [-0.1, -0.05) is 0 Å². The van der Waals surface area contributed by atoms with Crippen LogP contribution in [0.1, 0.15) is 28.9 Å². The van der Waals surface area contributed by atoms with E-state index in [0.29, 0.717) is 12.1 Å². The molecule has 1 aromatic heterocycles. The molecule has 0 spiro atoms. The summed E-state index contributed by atoms with van der Waals surface area (Å²) in [5.41, 5.74) is 0.305. The average molecular weight is 393 g/mol. The molecule has 2 aromatic rings. The number of aromatic nitrogens is 1. The van der Waals surface area contributed by atoms with Crippen LogP contribution in [0.4, 0.5) is 14.5 Å². The molecular weight excluding hydrogens is 372 g/mol. The van der Waals surface area contributed by atoms with Crippen LogP contribution in [-0.4, -0.2) is 42.3 Å². The predicted octanol–water partition coefficient (Wildman–Crippen LogP) is 2.85. The lowest BCUT2D eigenvalue weighted by Crippen LogP contribution is -2.34. The van der Waals surface area contributed by atoms with Gasteiger partial charge in [0.2, 0.25) is 0 Å². The Hall–Kier alpha value is -2.94. The van der Waals surface area contributed by atoms with E-state index in [1.165, 1.54) is 22.8 Å². The Morgan fingerprint density at radius 2 is 1.93 bits per heavy atom. The molecule has 1 N–H and O–H groups in total. The fourth-order valence-electron chi connectivity index (χ4n) is 3.10. The third kappa shape index (κ3) is 3.99. The minimum Gasteiger partial charge on any atom is -0.395 e. The molecule has 1 aliphatic heterocycles. The van der Waals surface area contributed by atoms with Gasteiger partial charge in [-0.2, -0.15) is 0 Å². The van der Waals surface area contributed by atoms with Crippen LogP contribution in [0.3, 0.4) is 0 Å². The number of ether oxygens (including phenoxy) is 2. The van der Waals surface area contributed by atoms with Crippen LogP contribution in [0.25, 0.3) is 0 Å². The van der Waals surface area contributed by atoms with Gasteiger partial charge in [-0.05, 0) is 51.7 Å². The number of alkyl halides is 2. The van der Waals surface area contributed by atoms with Gasteiger partial charge < -0.3 is 24.3 Å². The van der Waals surface area contributed by atoms with Gasteiger partial charge >= 0.3 is 6.29 Å².